The second-order valence-corrected chi connectivity index (χ2v) is 7.12. The summed E-state index contributed by atoms with van der Waals surface area (Å²) in [5, 5.41) is 10.7. The maximum Gasteiger partial charge on any atom is 0.269 e. The number of hydrogen-bond donors (Lipinski definition) is 2. The van der Waals surface area contributed by atoms with Gasteiger partial charge >= 0.3 is 0 Å². The number of anilines is 1. The molecule has 1 saturated heterocycles. The molecule has 4 rings (SSSR count). The van der Waals surface area contributed by atoms with Crippen LogP contribution in [-0.2, 0) is 6.54 Å². The van der Waals surface area contributed by atoms with Crippen LogP contribution in [0.15, 0.2) is 54.6 Å². The van der Waals surface area contributed by atoms with Crippen molar-refractivity contribution in [1.82, 2.24) is 15.5 Å². The van der Waals surface area contributed by atoms with E-state index in [0.29, 0.717) is 23.0 Å². The molecule has 0 aliphatic carbocycles. The Bertz CT molecular complexity index is 947. The van der Waals surface area contributed by atoms with Crippen LogP contribution in [0.1, 0.15) is 28.9 Å². The van der Waals surface area contributed by atoms with Crippen molar-refractivity contribution in [2.24, 2.45) is 0 Å². The minimum atomic E-state index is -0.174. The molecule has 1 aliphatic rings. The SMILES string of the molecule is O=C(NCc1ccccc1N1CCCC1)c1cc(-c2cccc(Cl)c2)n[nH]1. The molecule has 2 N–H and O–H groups in total. The van der Waals surface area contributed by atoms with Crippen LogP contribution in [0.5, 0.6) is 0 Å². The predicted octanol–water partition coefficient (Wildman–Crippen LogP) is 4.26. The summed E-state index contributed by atoms with van der Waals surface area (Å²) in [4.78, 5) is 14.9. The molecule has 1 aliphatic heterocycles. The highest BCUT2D eigenvalue weighted by molar-refractivity contribution is 6.30. The number of para-hydroxylation sites is 1. The number of hydrogen-bond acceptors (Lipinski definition) is 3. The van der Waals surface area contributed by atoms with E-state index in [-0.39, 0.29) is 5.91 Å². The van der Waals surface area contributed by atoms with Gasteiger partial charge in [-0.05, 0) is 42.7 Å². The molecule has 27 heavy (non-hydrogen) atoms. The number of H-pyrrole nitrogens is 1. The Morgan fingerprint density at radius 2 is 1.93 bits per heavy atom. The summed E-state index contributed by atoms with van der Waals surface area (Å²) in [5.41, 5.74) is 4.34. The highest BCUT2D eigenvalue weighted by Gasteiger charge is 2.16. The quantitative estimate of drug-likeness (QED) is 0.695. The van der Waals surface area contributed by atoms with Gasteiger partial charge in [0.15, 0.2) is 0 Å². The zero-order chi connectivity index (χ0) is 18.6. The van der Waals surface area contributed by atoms with Gasteiger partial charge in [0.25, 0.3) is 5.91 Å². The third-order valence-electron chi connectivity index (χ3n) is 4.82. The third-order valence-corrected chi connectivity index (χ3v) is 5.06. The van der Waals surface area contributed by atoms with Gasteiger partial charge in [0.1, 0.15) is 5.69 Å². The highest BCUT2D eigenvalue weighted by Crippen LogP contribution is 2.25. The average Bonchev–Trinajstić information content (AvgIpc) is 3.38. The number of aromatic nitrogens is 2. The van der Waals surface area contributed by atoms with Crippen molar-refractivity contribution >= 4 is 23.2 Å². The number of nitrogens with one attached hydrogen (secondary N) is 2. The van der Waals surface area contributed by atoms with Crippen LogP contribution in [0.2, 0.25) is 5.02 Å². The zero-order valence-electron chi connectivity index (χ0n) is 14.9. The summed E-state index contributed by atoms with van der Waals surface area (Å²) >= 11 is 6.03. The molecule has 0 radical (unpaired) electrons. The molecular weight excluding hydrogens is 360 g/mol. The predicted molar refractivity (Wildman–Crippen MR) is 108 cm³/mol. The van der Waals surface area contributed by atoms with Crippen molar-refractivity contribution in [3.63, 3.8) is 0 Å². The fourth-order valence-corrected chi connectivity index (χ4v) is 3.62. The molecule has 3 aromatic rings. The van der Waals surface area contributed by atoms with Gasteiger partial charge in [-0.2, -0.15) is 5.10 Å². The average molecular weight is 381 g/mol. The first-order chi connectivity index (χ1) is 13.2. The maximum absolute atomic E-state index is 12.5. The number of nitrogens with zero attached hydrogens (tertiary/aromatic N) is 2. The normalized spacial score (nSPS) is 13.7. The van der Waals surface area contributed by atoms with Crippen molar-refractivity contribution in [3.05, 3.63) is 70.9 Å². The lowest BCUT2D eigenvalue weighted by Gasteiger charge is -2.21. The lowest BCUT2D eigenvalue weighted by molar-refractivity contribution is 0.0946. The van der Waals surface area contributed by atoms with E-state index in [9.17, 15) is 4.79 Å². The molecule has 2 heterocycles. The van der Waals surface area contributed by atoms with Crippen molar-refractivity contribution in [2.75, 3.05) is 18.0 Å². The Kier molecular flexibility index (Phi) is 5.12. The number of rotatable bonds is 5. The standard InChI is InChI=1S/C21H21ClN4O/c22-17-8-5-7-15(12-17)18-13-19(25-24-18)21(27)23-14-16-6-1-2-9-20(16)26-10-3-4-11-26/h1-2,5-9,12-13H,3-4,10-11,14H2,(H,23,27)(H,24,25). The number of amides is 1. The Morgan fingerprint density at radius 3 is 2.74 bits per heavy atom. The molecule has 6 heteroatoms. The van der Waals surface area contributed by atoms with Crippen LogP contribution in [0, 0.1) is 0 Å². The van der Waals surface area contributed by atoms with Crippen LogP contribution in [0.4, 0.5) is 5.69 Å². The van der Waals surface area contributed by atoms with Crippen molar-refractivity contribution in [1.29, 1.82) is 0 Å². The van der Waals surface area contributed by atoms with Gasteiger partial charge in [-0.25, -0.2) is 0 Å². The molecule has 0 spiro atoms. The second kappa shape index (κ2) is 7.84. The summed E-state index contributed by atoms with van der Waals surface area (Å²) < 4.78 is 0. The zero-order valence-corrected chi connectivity index (χ0v) is 15.7. The second-order valence-electron chi connectivity index (χ2n) is 6.68. The van der Waals surface area contributed by atoms with E-state index in [0.717, 1.165) is 24.2 Å². The topological polar surface area (TPSA) is 61.0 Å². The van der Waals surface area contributed by atoms with E-state index in [4.69, 9.17) is 11.6 Å². The van der Waals surface area contributed by atoms with Gasteiger partial charge < -0.3 is 10.2 Å². The lowest BCUT2D eigenvalue weighted by Crippen LogP contribution is -2.25. The molecule has 0 unspecified atom stereocenters. The number of benzene rings is 2. The van der Waals surface area contributed by atoms with Crippen molar-refractivity contribution in [3.8, 4) is 11.3 Å². The minimum Gasteiger partial charge on any atom is -0.371 e. The molecular formula is C21H21ClN4O. The number of carbonyl (C=O) groups is 1. The monoisotopic (exact) mass is 380 g/mol. The van der Waals surface area contributed by atoms with Gasteiger partial charge in [-0.1, -0.05) is 41.9 Å². The summed E-state index contributed by atoms with van der Waals surface area (Å²) in [5.74, 6) is -0.174. The molecule has 2 aromatic carbocycles. The Morgan fingerprint density at radius 1 is 1.11 bits per heavy atom. The van der Waals surface area contributed by atoms with Gasteiger partial charge in [0, 0.05) is 35.9 Å². The Balaban J connectivity index is 1.45. The first-order valence-electron chi connectivity index (χ1n) is 9.13. The molecule has 0 atom stereocenters. The molecule has 1 fully saturated rings. The largest absolute Gasteiger partial charge is 0.371 e. The van der Waals surface area contributed by atoms with E-state index in [2.05, 4.69) is 32.5 Å². The molecule has 138 valence electrons. The van der Waals surface area contributed by atoms with Crippen molar-refractivity contribution < 1.29 is 4.79 Å². The van der Waals surface area contributed by atoms with Crippen LogP contribution in [-0.4, -0.2) is 29.2 Å². The van der Waals surface area contributed by atoms with Crippen LogP contribution in [0.3, 0.4) is 0 Å². The summed E-state index contributed by atoms with van der Waals surface area (Å²) in [6.07, 6.45) is 2.45. The van der Waals surface area contributed by atoms with E-state index in [1.54, 1.807) is 6.07 Å². The van der Waals surface area contributed by atoms with E-state index >= 15 is 0 Å². The smallest absolute Gasteiger partial charge is 0.269 e. The molecule has 1 aromatic heterocycles. The van der Waals surface area contributed by atoms with E-state index < -0.39 is 0 Å². The fourth-order valence-electron chi connectivity index (χ4n) is 3.43. The third kappa shape index (κ3) is 3.98. The lowest BCUT2D eigenvalue weighted by atomic mass is 10.1. The Labute approximate surface area is 163 Å². The van der Waals surface area contributed by atoms with E-state index in [1.807, 2.05) is 36.4 Å². The van der Waals surface area contributed by atoms with Gasteiger partial charge in [-0.15, -0.1) is 0 Å². The molecule has 0 bridgehead atoms. The first-order valence-corrected chi connectivity index (χ1v) is 9.51. The molecule has 1 amide bonds. The highest BCUT2D eigenvalue weighted by atomic mass is 35.5. The van der Waals surface area contributed by atoms with Gasteiger partial charge in [0.05, 0.1) is 5.69 Å². The van der Waals surface area contributed by atoms with Crippen molar-refractivity contribution in [2.45, 2.75) is 19.4 Å². The van der Waals surface area contributed by atoms with E-state index in [1.165, 1.54) is 18.5 Å². The number of carbonyl (C=O) groups excluding carboxylic acids is 1. The Hall–Kier alpha value is -2.79. The summed E-state index contributed by atoms with van der Waals surface area (Å²) in [6.45, 7) is 2.64. The minimum absolute atomic E-state index is 0.174. The van der Waals surface area contributed by atoms with Gasteiger partial charge in [0.2, 0.25) is 0 Å². The fraction of sp³-hybridized carbons (Fsp3) is 0.238. The first kappa shape index (κ1) is 17.6. The molecule has 0 saturated carbocycles. The summed E-state index contributed by atoms with van der Waals surface area (Å²) in [7, 11) is 0. The maximum atomic E-state index is 12.5. The van der Waals surface area contributed by atoms with Gasteiger partial charge in [-0.3, -0.25) is 9.89 Å². The van der Waals surface area contributed by atoms with Crippen LogP contribution in [0.25, 0.3) is 11.3 Å². The number of halogens is 1. The molecule has 5 nitrogen and oxygen atoms in total. The number of aromatic amines is 1. The van der Waals surface area contributed by atoms with Crippen LogP contribution >= 0.6 is 11.6 Å². The van der Waals surface area contributed by atoms with Crippen LogP contribution < -0.4 is 10.2 Å². The summed E-state index contributed by atoms with van der Waals surface area (Å²) in [6, 6.07) is 17.4.